The van der Waals surface area contributed by atoms with Crippen LogP contribution in [0.1, 0.15) is 5.56 Å². The van der Waals surface area contributed by atoms with Crippen molar-refractivity contribution < 1.29 is 17.9 Å². The molecule has 18 heavy (non-hydrogen) atoms. The Morgan fingerprint density at radius 3 is 2.44 bits per heavy atom. The summed E-state index contributed by atoms with van der Waals surface area (Å²) in [5.41, 5.74) is 0.501. The standard InChI is InChI=1S/C14H10F3O/c1-18-13-7-3-5-11(9-13)10-4-2-6-12(8-10)14(15,16)17/h2-6,8-9H,1H3. The van der Waals surface area contributed by atoms with Crippen LogP contribution >= 0.6 is 0 Å². The van der Waals surface area contributed by atoms with Crippen molar-refractivity contribution in [1.82, 2.24) is 0 Å². The van der Waals surface area contributed by atoms with E-state index in [2.05, 4.69) is 6.07 Å². The fourth-order valence-corrected chi connectivity index (χ4v) is 1.62. The van der Waals surface area contributed by atoms with Crippen LogP contribution in [-0.2, 0) is 6.18 Å². The van der Waals surface area contributed by atoms with Crippen LogP contribution in [0.5, 0.6) is 5.75 Å². The van der Waals surface area contributed by atoms with Crippen molar-refractivity contribution >= 4 is 0 Å². The summed E-state index contributed by atoms with van der Waals surface area (Å²) in [6.07, 6.45) is -4.33. The summed E-state index contributed by atoms with van der Waals surface area (Å²) in [4.78, 5) is 0. The Kier molecular flexibility index (Phi) is 3.28. The summed E-state index contributed by atoms with van der Waals surface area (Å²) in [5, 5.41) is 0. The fourth-order valence-electron chi connectivity index (χ4n) is 1.62. The second-order valence-corrected chi connectivity index (χ2v) is 3.72. The third-order valence-electron chi connectivity index (χ3n) is 2.52. The molecule has 1 nitrogen and oxygen atoms in total. The molecule has 0 spiro atoms. The lowest BCUT2D eigenvalue weighted by atomic mass is 10.0. The number of halogens is 3. The monoisotopic (exact) mass is 251 g/mol. The van der Waals surface area contributed by atoms with Crippen molar-refractivity contribution in [2.45, 2.75) is 6.18 Å². The van der Waals surface area contributed by atoms with E-state index in [1.807, 2.05) is 0 Å². The SMILES string of the molecule is COc1[c]ccc(-c2cccc(C(F)(F)F)c2)c1. The maximum absolute atomic E-state index is 12.6. The molecule has 0 amide bonds. The average molecular weight is 251 g/mol. The van der Waals surface area contributed by atoms with E-state index in [-0.39, 0.29) is 0 Å². The van der Waals surface area contributed by atoms with Crippen molar-refractivity contribution in [3.05, 3.63) is 54.1 Å². The highest BCUT2D eigenvalue weighted by Crippen LogP contribution is 2.32. The Labute approximate surface area is 103 Å². The van der Waals surface area contributed by atoms with Crippen LogP contribution in [0, 0.1) is 6.07 Å². The molecule has 0 saturated carbocycles. The van der Waals surface area contributed by atoms with Gasteiger partial charge in [0.2, 0.25) is 0 Å². The summed E-state index contributed by atoms with van der Waals surface area (Å²) in [6.45, 7) is 0. The van der Waals surface area contributed by atoms with E-state index in [4.69, 9.17) is 4.74 Å². The molecule has 0 unspecified atom stereocenters. The number of ether oxygens (including phenoxy) is 1. The second kappa shape index (κ2) is 4.72. The molecule has 0 atom stereocenters. The van der Waals surface area contributed by atoms with Gasteiger partial charge in [-0.3, -0.25) is 0 Å². The first-order chi connectivity index (χ1) is 8.50. The lowest BCUT2D eigenvalue weighted by Crippen LogP contribution is -2.04. The Morgan fingerprint density at radius 2 is 1.78 bits per heavy atom. The van der Waals surface area contributed by atoms with Gasteiger partial charge in [0.15, 0.2) is 0 Å². The van der Waals surface area contributed by atoms with Gasteiger partial charge in [0.05, 0.1) is 12.7 Å². The van der Waals surface area contributed by atoms with Crippen LogP contribution in [0.25, 0.3) is 11.1 Å². The molecule has 0 saturated heterocycles. The van der Waals surface area contributed by atoms with Crippen molar-refractivity contribution in [2.75, 3.05) is 7.11 Å². The molecule has 2 aromatic carbocycles. The number of methoxy groups -OCH3 is 1. The molecular weight excluding hydrogens is 241 g/mol. The van der Waals surface area contributed by atoms with E-state index in [1.165, 1.54) is 13.2 Å². The first-order valence-corrected chi connectivity index (χ1v) is 5.24. The summed E-state index contributed by atoms with van der Waals surface area (Å²) < 4.78 is 42.8. The first kappa shape index (κ1) is 12.5. The van der Waals surface area contributed by atoms with Gasteiger partial charge in [-0.05, 0) is 35.4 Å². The van der Waals surface area contributed by atoms with Gasteiger partial charge in [0.25, 0.3) is 0 Å². The zero-order chi connectivity index (χ0) is 13.2. The highest BCUT2D eigenvalue weighted by molar-refractivity contribution is 5.65. The quantitative estimate of drug-likeness (QED) is 0.778. The average Bonchev–Trinajstić information content (AvgIpc) is 2.38. The number of rotatable bonds is 2. The first-order valence-electron chi connectivity index (χ1n) is 5.24. The minimum atomic E-state index is -4.33. The van der Waals surface area contributed by atoms with Crippen LogP contribution in [0.3, 0.4) is 0 Å². The van der Waals surface area contributed by atoms with Gasteiger partial charge in [-0.15, -0.1) is 0 Å². The van der Waals surface area contributed by atoms with E-state index in [1.54, 1.807) is 24.3 Å². The van der Waals surface area contributed by atoms with Crippen LogP contribution in [0.2, 0.25) is 0 Å². The van der Waals surface area contributed by atoms with Crippen LogP contribution in [-0.4, -0.2) is 7.11 Å². The topological polar surface area (TPSA) is 9.23 Å². The van der Waals surface area contributed by atoms with Crippen LogP contribution < -0.4 is 4.74 Å². The third-order valence-corrected chi connectivity index (χ3v) is 2.52. The smallest absolute Gasteiger partial charge is 0.416 e. The van der Waals surface area contributed by atoms with E-state index < -0.39 is 11.7 Å². The minimum absolute atomic E-state index is 0.491. The highest BCUT2D eigenvalue weighted by atomic mass is 19.4. The zero-order valence-electron chi connectivity index (χ0n) is 9.58. The van der Waals surface area contributed by atoms with Gasteiger partial charge < -0.3 is 4.74 Å². The number of hydrogen-bond acceptors (Lipinski definition) is 1. The number of alkyl halides is 3. The van der Waals surface area contributed by atoms with Crippen molar-refractivity contribution in [3.63, 3.8) is 0 Å². The lowest BCUT2D eigenvalue weighted by Gasteiger charge is -2.09. The predicted molar refractivity (Wildman–Crippen MR) is 62.3 cm³/mol. The molecule has 1 radical (unpaired) electrons. The largest absolute Gasteiger partial charge is 0.496 e. The Balaban J connectivity index is 2.44. The molecule has 0 N–H and O–H groups in total. The Morgan fingerprint density at radius 1 is 1.06 bits per heavy atom. The summed E-state index contributed by atoms with van der Waals surface area (Å²) in [6, 6.07) is 13.0. The number of benzene rings is 2. The van der Waals surface area contributed by atoms with Gasteiger partial charge >= 0.3 is 6.18 Å². The fraction of sp³-hybridized carbons (Fsp3) is 0.143. The maximum atomic E-state index is 12.6. The van der Waals surface area contributed by atoms with Gasteiger partial charge in [-0.25, -0.2) is 0 Å². The van der Waals surface area contributed by atoms with Gasteiger partial charge in [0, 0.05) is 6.07 Å². The molecule has 0 fully saturated rings. The van der Waals surface area contributed by atoms with Crippen molar-refractivity contribution in [3.8, 4) is 16.9 Å². The summed E-state index contributed by atoms with van der Waals surface area (Å²) >= 11 is 0. The molecule has 0 heterocycles. The molecule has 0 aliphatic rings. The zero-order valence-corrected chi connectivity index (χ0v) is 9.58. The Bertz CT molecular complexity index is 547. The molecule has 2 rings (SSSR count). The molecular formula is C14H10F3O. The maximum Gasteiger partial charge on any atom is 0.416 e. The summed E-state index contributed by atoms with van der Waals surface area (Å²) in [7, 11) is 1.49. The second-order valence-electron chi connectivity index (χ2n) is 3.72. The van der Waals surface area contributed by atoms with Crippen LogP contribution in [0.4, 0.5) is 13.2 Å². The van der Waals surface area contributed by atoms with Crippen LogP contribution in [0.15, 0.2) is 42.5 Å². The number of hydrogen-bond donors (Lipinski definition) is 0. The summed E-state index contributed by atoms with van der Waals surface area (Å²) in [5.74, 6) is 0.491. The highest BCUT2D eigenvalue weighted by Gasteiger charge is 2.30. The third kappa shape index (κ3) is 2.64. The van der Waals surface area contributed by atoms with E-state index >= 15 is 0 Å². The van der Waals surface area contributed by atoms with E-state index in [9.17, 15) is 13.2 Å². The molecule has 0 aliphatic heterocycles. The van der Waals surface area contributed by atoms with Gasteiger partial charge in [-0.1, -0.05) is 18.2 Å². The molecule has 0 aliphatic carbocycles. The molecule has 0 aromatic heterocycles. The predicted octanol–water partition coefficient (Wildman–Crippen LogP) is 4.18. The lowest BCUT2D eigenvalue weighted by molar-refractivity contribution is -0.137. The van der Waals surface area contributed by atoms with Crippen molar-refractivity contribution in [2.24, 2.45) is 0 Å². The normalized spacial score (nSPS) is 11.3. The van der Waals surface area contributed by atoms with Gasteiger partial charge in [0.1, 0.15) is 5.75 Å². The molecule has 2 aromatic rings. The molecule has 4 heteroatoms. The van der Waals surface area contributed by atoms with E-state index in [0.717, 1.165) is 12.1 Å². The van der Waals surface area contributed by atoms with Gasteiger partial charge in [-0.2, -0.15) is 13.2 Å². The van der Waals surface area contributed by atoms with E-state index in [0.29, 0.717) is 16.9 Å². The van der Waals surface area contributed by atoms with Crippen molar-refractivity contribution in [1.29, 1.82) is 0 Å². The Hall–Kier alpha value is -1.97. The molecule has 93 valence electrons. The minimum Gasteiger partial charge on any atom is -0.496 e. The molecule has 0 bridgehead atoms.